The number of rotatable bonds is 4. The first-order valence-electron chi connectivity index (χ1n) is 9.17. The van der Waals surface area contributed by atoms with Crippen molar-refractivity contribution in [2.24, 2.45) is 5.92 Å². The van der Waals surface area contributed by atoms with Gasteiger partial charge >= 0.3 is 0 Å². The van der Waals surface area contributed by atoms with Crippen LogP contribution >= 0.6 is 11.8 Å². The Morgan fingerprint density at radius 3 is 2.96 bits per heavy atom. The largest absolute Gasteiger partial charge is 0.348 e. The summed E-state index contributed by atoms with van der Waals surface area (Å²) in [6, 6.07) is 4.04. The van der Waals surface area contributed by atoms with Crippen molar-refractivity contribution in [3.8, 4) is 0 Å². The summed E-state index contributed by atoms with van der Waals surface area (Å²) in [5, 5.41) is 0.821. The number of pyridine rings is 1. The summed E-state index contributed by atoms with van der Waals surface area (Å²) in [6.45, 7) is 5.73. The molecule has 0 radical (unpaired) electrons. The average Bonchev–Trinajstić information content (AvgIpc) is 2.88. The number of amides is 1. The zero-order valence-electron chi connectivity index (χ0n) is 15.3. The highest BCUT2D eigenvalue weighted by Crippen LogP contribution is 2.31. The average molecular weight is 372 g/mol. The van der Waals surface area contributed by atoms with Crippen LogP contribution in [0.25, 0.3) is 0 Å². The van der Waals surface area contributed by atoms with Crippen LogP contribution in [0.4, 0.5) is 0 Å². The Bertz CT molecular complexity index is 792. The molecular formula is C19H25N5OS. The van der Waals surface area contributed by atoms with E-state index in [0.29, 0.717) is 5.92 Å². The van der Waals surface area contributed by atoms with Gasteiger partial charge in [-0.05, 0) is 44.1 Å². The van der Waals surface area contributed by atoms with Gasteiger partial charge in [0.1, 0.15) is 5.03 Å². The van der Waals surface area contributed by atoms with E-state index in [0.717, 1.165) is 54.6 Å². The van der Waals surface area contributed by atoms with Crippen LogP contribution in [0.5, 0.6) is 0 Å². The zero-order valence-corrected chi connectivity index (χ0v) is 16.1. The predicted octanol–water partition coefficient (Wildman–Crippen LogP) is 2.57. The van der Waals surface area contributed by atoms with E-state index >= 15 is 0 Å². The maximum atomic E-state index is 13.2. The molecule has 0 aromatic carbocycles. The van der Waals surface area contributed by atoms with Crippen molar-refractivity contribution in [3.05, 3.63) is 41.6 Å². The van der Waals surface area contributed by atoms with Crippen LogP contribution in [-0.4, -0.2) is 62.6 Å². The number of piperidine rings is 1. The molecule has 7 heteroatoms. The van der Waals surface area contributed by atoms with Crippen LogP contribution in [0.15, 0.2) is 29.7 Å². The third-order valence-corrected chi connectivity index (χ3v) is 6.26. The van der Waals surface area contributed by atoms with Crippen molar-refractivity contribution in [2.75, 3.05) is 25.9 Å². The summed E-state index contributed by atoms with van der Waals surface area (Å²) in [4.78, 5) is 29.8. The molecule has 3 aliphatic rings. The number of aryl methyl sites for hydroxylation is 1. The molecule has 138 valence electrons. The van der Waals surface area contributed by atoms with Crippen LogP contribution < -0.4 is 0 Å². The van der Waals surface area contributed by atoms with Crippen molar-refractivity contribution < 1.29 is 4.79 Å². The third kappa shape index (κ3) is 3.38. The molecule has 3 aliphatic heterocycles. The quantitative estimate of drug-likeness (QED) is 0.837. The minimum atomic E-state index is 0.134. The molecule has 2 aromatic rings. The lowest BCUT2D eigenvalue weighted by Crippen LogP contribution is -2.47. The maximum absolute atomic E-state index is 13.2. The van der Waals surface area contributed by atoms with Crippen molar-refractivity contribution in [2.45, 2.75) is 37.4 Å². The summed E-state index contributed by atoms with van der Waals surface area (Å²) in [5.41, 5.74) is 2.98. The molecule has 2 aromatic heterocycles. The van der Waals surface area contributed by atoms with Gasteiger partial charge in [-0.2, -0.15) is 0 Å². The highest BCUT2D eigenvalue weighted by atomic mass is 32.2. The third-order valence-electron chi connectivity index (χ3n) is 5.55. The fraction of sp³-hybridized carbons (Fsp3) is 0.526. The number of nitrogens with zero attached hydrogens (tertiary/aromatic N) is 4. The molecule has 0 saturated carbocycles. The molecule has 2 atom stereocenters. The summed E-state index contributed by atoms with van der Waals surface area (Å²) >= 11 is 1.54. The van der Waals surface area contributed by atoms with Crippen LogP contribution in [0.2, 0.25) is 0 Å². The number of nitrogens with one attached hydrogen (secondary N) is 1. The summed E-state index contributed by atoms with van der Waals surface area (Å²) in [6.07, 6.45) is 7.78. The second kappa shape index (κ2) is 7.40. The van der Waals surface area contributed by atoms with Crippen LogP contribution in [0.1, 0.15) is 34.6 Å². The number of hydrogen-bond acceptors (Lipinski definition) is 5. The molecule has 5 rings (SSSR count). The van der Waals surface area contributed by atoms with Gasteiger partial charge in [-0.15, -0.1) is 11.8 Å². The van der Waals surface area contributed by atoms with Crippen molar-refractivity contribution in [3.63, 3.8) is 0 Å². The number of aromatic amines is 1. The summed E-state index contributed by atoms with van der Waals surface area (Å²) in [5.74, 6) is 0.668. The predicted molar refractivity (Wildman–Crippen MR) is 102 cm³/mol. The fourth-order valence-corrected chi connectivity index (χ4v) is 4.73. The van der Waals surface area contributed by atoms with Crippen LogP contribution in [0, 0.1) is 12.8 Å². The molecule has 1 amide bonds. The molecule has 0 aliphatic carbocycles. The Kier molecular flexibility index (Phi) is 5.00. The molecule has 3 saturated heterocycles. The normalized spacial score (nSPS) is 23.2. The standard InChI is InChI=1S/C19H25N5OS/c1-13-17(22-12-21-13)11-23-8-14-5-6-15(10-23)24(9-14)19(25)16-4-3-7-20-18(16)26-2/h3-4,7,12,14-15H,5-6,8-11H2,1-2H3,(H,21,22)/t14-,15+/m0/s1. The van der Waals surface area contributed by atoms with Crippen molar-refractivity contribution >= 4 is 17.7 Å². The number of aromatic nitrogens is 3. The molecule has 5 heterocycles. The van der Waals surface area contributed by atoms with Gasteiger partial charge in [-0.1, -0.05) is 0 Å². The maximum Gasteiger partial charge on any atom is 0.256 e. The number of carbonyl (C=O) groups is 1. The molecule has 2 bridgehead atoms. The summed E-state index contributed by atoms with van der Waals surface area (Å²) in [7, 11) is 0. The van der Waals surface area contributed by atoms with E-state index in [2.05, 4.69) is 31.7 Å². The Balaban J connectivity index is 1.53. The molecule has 1 N–H and O–H groups in total. The lowest BCUT2D eigenvalue weighted by Gasteiger charge is -2.36. The first-order chi connectivity index (χ1) is 12.7. The molecule has 0 unspecified atom stereocenters. The van der Waals surface area contributed by atoms with E-state index in [4.69, 9.17) is 0 Å². The summed E-state index contributed by atoms with van der Waals surface area (Å²) < 4.78 is 0. The monoisotopic (exact) mass is 371 g/mol. The second-order valence-electron chi connectivity index (χ2n) is 7.28. The van der Waals surface area contributed by atoms with Gasteiger partial charge in [0.25, 0.3) is 5.91 Å². The number of H-pyrrole nitrogens is 1. The lowest BCUT2D eigenvalue weighted by atomic mass is 9.94. The van der Waals surface area contributed by atoms with Gasteiger partial charge < -0.3 is 9.88 Å². The smallest absolute Gasteiger partial charge is 0.256 e. The number of thioether (sulfide) groups is 1. The number of fused-ring (bicyclic) bond motifs is 4. The Morgan fingerprint density at radius 2 is 2.19 bits per heavy atom. The lowest BCUT2D eigenvalue weighted by molar-refractivity contribution is 0.0580. The van der Waals surface area contributed by atoms with E-state index in [1.54, 1.807) is 12.5 Å². The van der Waals surface area contributed by atoms with E-state index in [-0.39, 0.29) is 11.9 Å². The topological polar surface area (TPSA) is 65.1 Å². The molecular weight excluding hydrogens is 346 g/mol. The fourth-order valence-electron chi connectivity index (χ4n) is 4.19. The van der Waals surface area contributed by atoms with E-state index < -0.39 is 0 Å². The van der Waals surface area contributed by atoms with Crippen LogP contribution in [-0.2, 0) is 6.54 Å². The first-order valence-corrected chi connectivity index (χ1v) is 10.4. The molecule has 26 heavy (non-hydrogen) atoms. The zero-order chi connectivity index (χ0) is 18.1. The molecule has 6 nitrogen and oxygen atoms in total. The molecule has 3 fully saturated rings. The SMILES string of the molecule is CSc1ncccc1C(=O)N1C[C@H]2CC[C@@H]1CN(Cc1nc[nH]c1C)C2. The van der Waals surface area contributed by atoms with Crippen molar-refractivity contribution in [1.29, 1.82) is 0 Å². The molecule has 0 spiro atoms. The minimum absolute atomic E-state index is 0.134. The Morgan fingerprint density at radius 1 is 1.31 bits per heavy atom. The number of imidazole rings is 1. The van der Waals surface area contributed by atoms with Gasteiger partial charge in [-0.3, -0.25) is 9.69 Å². The Hall–Kier alpha value is -1.86. The van der Waals surface area contributed by atoms with Gasteiger partial charge in [0.05, 0.1) is 17.6 Å². The van der Waals surface area contributed by atoms with Crippen LogP contribution in [0.3, 0.4) is 0 Å². The number of carbonyl (C=O) groups excluding carboxylic acids is 1. The Labute approximate surface area is 158 Å². The minimum Gasteiger partial charge on any atom is -0.348 e. The van der Waals surface area contributed by atoms with Gasteiger partial charge in [0, 0.05) is 44.1 Å². The highest BCUT2D eigenvalue weighted by molar-refractivity contribution is 7.98. The first kappa shape index (κ1) is 17.5. The van der Waals surface area contributed by atoms with Gasteiger partial charge in [0.15, 0.2) is 0 Å². The van der Waals surface area contributed by atoms with Gasteiger partial charge in [-0.25, -0.2) is 9.97 Å². The number of hydrogen-bond donors (Lipinski definition) is 1. The van der Waals surface area contributed by atoms with Gasteiger partial charge in [0.2, 0.25) is 0 Å². The second-order valence-corrected chi connectivity index (χ2v) is 8.08. The van der Waals surface area contributed by atoms with Crippen molar-refractivity contribution in [1.82, 2.24) is 24.8 Å². The van der Waals surface area contributed by atoms with E-state index in [9.17, 15) is 4.79 Å². The van der Waals surface area contributed by atoms with E-state index in [1.807, 2.05) is 18.4 Å². The van der Waals surface area contributed by atoms with E-state index in [1.165, 1.54) is 18.2 Å². The highest BCUT2D eigenvalue weighted by Gasteiger charge is 2.38.